The van der Waals surface area contributed by atoms with Crippen molar-refractivity contribution in [3.8, 4) is 11.4 Å². The largest absolute Gasteiger partial charge is 0.332 e. The second-order valence-corrected chi connectivity index (χ2v) is 9.20. The third kappa shape index (κ3) is 4.38. The molecule has 1 amide bonds. The molecule has 2 aromatic carbocycles. The molecule has 4 rings (SSSR count). The highest BCUT2D eigenvalue weighted by Gasteiger charge is 2.19. The zero-order chi connectivity index (χ0) is 24.6. The Kier molecular flexibility index (Phi) is 6.39. The van der Waals surface area contributed by atoms with Gasteiger partial charge in [-0.3, -0.25) is 18.7 Å². The minimum Gasteiger partial charge on any atom is -0.325 e. The van der Waals surface area contributed by atoms with Crippen molar-refractivity contribution in [2.75, 3.05) is 11.1 Å². The number of carbonyl (C=O) groups is 1. The monoisotopic (exact) mass is 475 g/mol. The first-order chi connectivity index (χ1) is 16.2. The lowest BCUT2D eigenvalue weighted by Gasteiger charge is -2.14. The van der Waals surface area contributed by atoms with Crippen molar-refractivity contribution in [3.63, 3.8) is 0 Å². The molecule has 8 nitrogen and oxygen atoms in total. The number of aryl methyl sites for hydroxylation is 4. The van der Waals surface area contributed by atoms with E-state index in [1.165, 1.54) is 11.6 Å². The van der Waals surface area contributed by atoms with Gasteiger partial charge in [0.1, 0.15) is 10.4 Å². The first-order valence-corrected chi connectivity index (χ1v) is 11.7. The highest BCUT2D eigenvalue weighted by Crippen LogP contribution is 2.27. The van der Waals surface area contributed by atoms with E-state index in [4.69, 9.17) is 0 Å². The van der Waals surface area contributed by atoms with E-state index in [9.17, 15) is 14.4 Å². The minimum absolute atomic E-state index is 0.0408. The zero-order valence-corrected chi connectivity index (χ0v) is 20.5. The lowest BCUT2D eigenvalue weighted by molar-refractivity contribution is -0.113. The van der Waals surface area contributed by atoms with Crippen molar-refractivity contribution < 1.29 is 4.79 Å². The molecule has 0 saturated heterocycles. The highest BCUT2D eigenvalue weighted by molar-refractivity contribution is 8.00. The smallest absolute Gasteiger partial charge is 0.325 e. The summed E-state index contributed by atoms with van der Waals surface area (Å²) < 4.78 is 2.35. The van der Waals surface area contributed by atoms with E-state index in [1.807, 2.05) is 63.2 Å². The van der Waals surface area contributed by atoms with Gasteiger partial charge in [0.05, 0.1) is 5.75 Å². The van der Waals surface area contributed by atoms with Gasteiger partial charge in [0.2, 0.25) is 5.91 Å². The van der Waals surface area contributed by atoms with Gasteiger partial charge in [-0.25, -0.2) is 14.8 Å². The Morgan fingerprint density at radius 2 is 1.62 bits per heavy atom. The topological polar surface area (TPSA) is 98.9 Å². The number of aromatic nitrogens is 4. The van der Waals surface area contributed by atoms with Crippen LogP contribution in [0.2, 0.25) is 0 Å². The zero-order valence-electron chi connectivity index (χ0n) is 19.7. The van der Waals surface area contributed by atoms with E-state index in [0.29, 0.717) is 10.9 Å². The number of benzene rings is 2. The van der Waals surface area contributed by atoms with Gasteiger partial charge < -0.3 is 5.32 Å². The number of carbonyl (C=O) groups excluding carboxylic acids is 1. The van der Waals surface area contributed by atoms with Crippen molar-refractivity contribution >= 4 is 34.4 Å². The van der Waals surface area contributed by atoms with Gasteiger partial charge in [0.15, 0.2) is 11.5 Å². The average molecular weight is 476 g/mol. The van der Waals surface area contributed by atoms with Gasteiger partial charge in [-0.2, -0.15) is 0 Å². The van der Waals surface area contributed by atoms with Gasteiger partial charge in [-0.1, -0.05) is 59.8 Å². The lowest BCUT2D eigenvalue weighted by atomic mass is 10.1. The molecule has 9 heteroatoms. The van der Waals surface area contributed by atoms with Crippen molar-refractivity contribution in [1.29, 1.82) is 0 Å². The Bertz CT molecular complexity index is 1520. The van der Waals surface area contributed by atoms with Crippen LogP contribution in [0.1, 0.15) is 16.7 Å². The maximum atomic E-state index is 13.0. The molecule has 0 saturated carbocycles. The second kappa shape index (κ2) is 9.26. The first kappa shape index (κ1) is 23.4. The van der Waals surface area contributed by atoms with Crippen molar-refractivity contribution in [3.05, 3.63) is 80.0 Å². The molecule has 2 aromatic heterocycles. The number of hydrogen-bond donors (Lipinski definition) is 1. The predicted molar refractivity (Wildman–Crippen MR) is 135 cm³/mol. The summed E-state index contributed by atoms with van der Waals surface area (Å²) in [4.78, 5) is 47.5. The SMILES string of the molecule is Cc1cc(C)c(NC(=O)CSc2nc(-c3ccccc3)nc3c2c(=O)n(C)c(=O)n3C)c(C)c1. The molecule has 0 aliphatic heterocycles. The molecule has 2 heterocycles. The van der Waals surface area contributed by atoms with E-state index in [0.717, 1.165) is 44.3 Å². The number of nitrogens with one attached hydrogen (secondary N) is 1. The van der Waals surface area contributed by atoms with Gasteiger partial charge >= 0.3 is 5.69 Å². The number of hydrogen-bond acceptors (Lipinski definition) is 6. The third-order valence-corrected chi connectivity index (χ3v) is 6.56. The summed E-state index contributed by atoms with van der Waals surface area (Å²) in [6.07, 6.45) is 0. The normalized spacial score (nSPS) is 11.1. The Morgan fingerprint density at radius 3 is 2.26 bits per heavy atom. The molecular weight excluding hydrogens is 450 g/mol. The molecule has 0 fully saturated rings. The van der Waals surface area contributed by atoms with Crippen LogP contribution in [-0.4, -0.2) is 30.8 Å². The van der Waals surface area contributed by atoms with Crippen molar-refractivity contribution in [1.82, 2.24) is 19.1 Å². The summed E-state index contributed by atoms with van der Waals surface area (Å²) >= 11 is 1.15. The molecule has 0 radical (unpaired) electrons. The quantitative estimate of drug-likeness (QED) is 0.351. The van der Waals surface area contributed by atoms with Crippen LogP contribution < -0.4 is 16.6 Å². The molecule has 0 aliphatic rings. The van der Waals surface area contributed by atoms with Gasteiger partial charge in [-0.15, -0.1) is 0 Å². The van der Waals surface area contributed by atoms with Crippen LogP contribution >= 0.6 is 11.8 Å². The maximum absolute atomic E-state index is 13.0. The fourth-order valence-corrected chi connectivity index (χ4v) is 4.75. The van der Waals surface area contributed by atoms with Crippen LogP contribution in [0.3, 0.4) is 0 Å². The number of anilines is 1. The van der Waals surface area contributed by atoms with E-state index in [-0.39, 0.29) is 22.7 Å². The predicted octanol–water partition coefficient (Wildman–Crippen LogP) is 3.35. The molecule has 0 atom stereocenters. The van der Waals surface area contributed by atoms with Crippen LogP contribution in [0.5, 0.6) is 0 Å². The molecule has 34 heavy (non-hydrogen) atoms. The Labute approximate surface area is 200 Å². The number of rotatable bonds is 5. The molecule has 0 aliphatic carbocycles. The van der Waals surface area contributed by atoms with E-state index >= 15 is 0 Å². The molecule has 1 N–H and O–H groups in total. The highest BCUT2D eigenvalue weighted by atomic mass is 32.2. The molecule has 0 unspecified atom stereocenters. The average Bonchev–Trinajstić information content (AvgIpc) is 2.82. The van der Waals surface area contributed by atoms with Gasteiger partial charge in [-0.05, 0) is 31.9 Å². The summed E-state index contributed by atoms with van der Waals surface area (Å²) in [7, 11) is 2.98. The summed E-state index contributed by atoms with van der Waals surface area (Å²) in [5, 5.41) is 3.54. The van der Waals surface area contributed by atoms with Crippen LogP contribution in [0.4, 0.5) is 5.69 Å². The number of fused-ring (bicyclic) bond motifs is 1. The van der Waals surface area contributed by atoms with Gasteiger partial charge in [0, 0.05) is 25.3 Å². The van der Waals surface area contributed by atoms with Crippen LogP contribution in [0.15, 0.2) is 57.1 Å². The molecular formula is C25H25N5O3S. The van der Waals surface area contributed by atoms with E-state index in [1.54, 1.807) is 7.05 Å². The Hall–Kier alpha value is -3.72. The van der Waals surface area contributed by atoms with Crippen LogP contribution in [0, 0.1) is 20.8 Å². The van der Waals surface area contributed by atoms with Crippen molar-refractivity contribution in [2.45, 2.75) is 25.8 Å². The first-order valence-electron chi connectivity index (χ1n) is 10.7. The fourth-order valence-electron chi connectivity index (χ4n) is 3.94. The van der Waals surface area contributed by atoms with E-state index < -0.39 is 11.2 Å². The number of thioether (sulfide) groups is 1. The molecule has 4 aromatic rings. The Balaban J connectivity index is 1.75. The second-order valence-electron chi connectivity index (χ2n) is 8.23. The minimum atomic E-state index is -0.495. The fraction of sp³-hybridized carbons (Fsp3) is 0.240. The standard InChI is InChI=1S/C25H25N5O3S/c1-14-11-15(2)20(16(3)12-14)26-18(31)13-34-23-19-22(29(4)25(33)30(5)24(19)32)27-21(28-23)17-9-7-6-8-10-17/h6-12H,13H2,1-5H3,(H,26,31). The van der Waals surface area contributed by atoms with Crippen LogP contribution in [-0.2, 0) is 18.9 Å². The summed E-state index contributed by atoms with van der Waals surface area (Å²) in [5.74, 6) is 0.207. The van der Waals surface area contributed by atoms with Crippen LogP contribution in [0.25, 0.3) is 22.4 Å². The van der Waals surface area contributed by atoms with Crippen molar-refractivity contribution in [2.24, 2.45) is 14.1 Å². The van der Waals surface area contributed by atoms with Gasteiger partial charge in [0.25, 0.3) is 5.56 Å². The number of nitrogens with zero attached hydrogens (tertiary/aromatic N) is 4. The summed E-state index contributed by atoms with van der Waals surface area (Å²) in [6.45, 7) is 5.92. The third-order valence-electron chi connectivity index (χ3n) is 5.58. The lowest BCUT2D eigenvalue weighted by Crippen LogP contribution is -2.37. The molecule has 0 spiro atoms. The summed E-state index contributed by atoms with van der Waals surface area (Å²) in [6, 6.07) is 13.3. The molecule has 174 valence electrons. The molecule has 0 bridgehead atoms. The maximum Gasteiger partial charge on any atom is 0.332 e. The number of amides is 1. The summed E-state index contributed by atoms with van der Waals surface area (Å²) in [5.41, 5.74) is 3.89. The van der Waals surface area contributed by atoms with E-state index in [2.05, 4.69) is 15.3 Å². The Morgan fingerprint density at radius 1 is 0.971 bits per heavy atom.